The van der Waals surface area contributed by atoms with E-state index >= 15 is 0 Å². The largest absolute Gasteiger partial charge is 0.339 e. The monoisotopic (exact) mass is 332 g/mol. The average Bonchev–Trinajstić information content (AvgIpc) is 2.59. The van der Waals surface area contributed by atoms with Gasteiger partial charge >= 0.3 is 0 Å². The first kappa shape index (κ1) is 16.6. The van der Waals surface area contributed by atoms with Crippen LogP contribution in [0.15, 0.2) is 54.6 Å². The SMILES string of the molecule is Cc1cccc(Nc2ccc(C(=O)Nc3cc(C)ccc3C)nn2)c1. The Kier molecular flexibility index (Phi) is 4.75. The highest BCUT2D eigenvalue weighted by atomic mass is 16.1. The first-order valence-corrected chi connectivity index (χ1v) is 8.07. The molecule has 1 aromatic heterocycles. The van der Waals surface area contributed by atoms with Gasteiger partial charge in [0.2, 0.25) is 0 Å². The molecule has 0 unspecified atom stereocenters. The normalized spacial score (nSPS) is 10.4. The second-order valence-electron chi connectivity index (χ2n) is 6.07. The lowest BCUT2D eigenvalue weighted by atomic mass is 10.1. The predicted molar refractivity (Wildman–Crippen MR) is 100 cm³/mol. The summed E-state index contributed by atoms with van der Waals surface area (Å²) in [4.78, 5) is 12.4. The van der Waals surface area contributed by atoms with Crippen LogP contribution < -0.4 is 10.6 Å². The van der Waals surface area contributed by atoms with Crippen LogP contribution in [0, 0.1) is 20.8 Å². The number of amides is 1. The molecule has 0 radical (unpaired) electrons. The molecule has 126 valence electrons. The highest BCUT2D eigenvalue weighted by Crippen LogP contribution is 2.18. The number of benzene rings is 2. The minimum Gasteiger partial charge on any atom is -0.339 e. The van der Waals surface area contributed by atoms with Gasteiger partial charge < -0.3 is 10.6 Å². The maximum absolute atomic E-state index is 12.4. The van der Waals surface area contributed by atoms with E-state index in [0.717, 1.165) is 28.1 Å². The van der Waals surface area contributed by atoms with Gasteiger partial charge in [-0.05, 0) is 67.8 Å². The Morgan fingerprint density at radius 1 is 0.880 bits per heavy atom. The van der Waals surface area contributed by atoms with Gasteiger partial charge in [0.25, 0.3) is 5.91 Å². The summed E-state index contributed by atoms with van der Waals surface area (Å²) in [6.45, 7) is 5.97. The molecule has 0 spiro atoms. The molecule has 3 rings (SSSR count). The highest BCUT2D eigenvalue weighted by Gasteiger charge is 2.10. The summed E-state index contributed by atoms with van der Waals surface area (Å²) in [6, 6.07) is 17.3. The van der Waals surface area contributed by atoms with Gasteiger partial charge in [0.05, 0.1) is 0 Å². The number of carbonyl (C=O) groups excluding carboxylic acids is 1. The number of carbonyl (C=O) groups is 1. The van der Waals surface area contributed by atoms with Gasteiger partial charge in [0.1, 0.15) is 0 Å². The standard InChI is InChI=1S/C20H20N4O/c1-13-5-4-6-16(11-13)21-19-10-9-17(23-24-19)20(25)22-18-12-14(2)7-8-15(18)3/h4-12H,1-3H3,(H,21,24)(H,22,25). The van der Waals surface area contributed by atoms with Crippen molar-refractivity contribution in [3.05, 3.63) is 77.0 Å². The van der Waals surface area contributed by atoms with Gasteiger partial charge in [-0.25, -0.2) is 0 Å². The molecule has 5 heteroatoms. The number of aromatic nitrogens is 2. The van der Waals surface area contributed by atoms with E-state index in [0.29, 0.717) is 5.82 Å². The quantitative estimate of drug-likeness (QED) is 0.743. The molecular weight excluding hydrogens is 312 g/mol. The second-order valence-corrected chi connectivity index (χ2v) is 6.07. The third kappa shape index (κ3) is 4.20. The molecule has 3 aromatic rings. The topological polar surface area (TPSA) is 66.9 Å². The first-order chi connectivity index (χ1) is 12.0. The van der Waals surface area contributed by atoms with Crippen LogP contribution in [-0.2, 0) is 0 Å². The van der Waals surface area contributed by atoms with Crippen molar-refractivity contribution in [3.63, 3.8) is 0 Å². The van der Waals surface area contributed by atoms with Crippen LogP contribution in [0.4, 0.5) is 17.2 Å². The van der Waals surface area contributed by atoms with E-state index in [-0.39, 0.29) is 11.6 Å². The Balaban J connectivity index is 1.71. The predicted octanol–water partition coefficient (Wildman–Crippen LogP) is 4.40. The van der Waals surface area contributed by atoms with Crippen molar-refractivity contribution >= 4 is 23.1 Å². The lowest BCUT2D eigenvalue weighted by Crippen LogP contribution is -2.15. The lowest BCUT2D eigenvalue weighted by Gasteiger charge is -2.09. The van der Waals surface area contributed by atoms with Gasteiger partial charge in [0.15, 0.2) is 11.5 Å². The summed E-state index contributed by atoms with van der Waals surface area (Å²) < 4.78 is 0. The van der Waals surface area contributed by atoms with Gasteiger partial charge in [-0.3, -0.25) is 4.79 Å². The molecule has 0 saturated heterocycles. The van der Waals surface area contributed by atoms with Crippen LogP contribution in [-0.4, -0.2) is 16.1 Å². The summed E-state index contributed by atoms with van der Waals surface area (Å²) in [5.41, 5.74) is 5.24. The third-order valence-electron chi connectivity index (χ3n) is 3.83. The van der Waals surface area contributed by atoms with Gasteiger partial charge in [-0.2, -0.15) is 0 Å². The van der Waals surface area contributed by atoms with Crippen molar-refractivity contribution < 1.29 is 4.79 Å². The van der Waals surface area contributed by atoms with Crippen molar-refractivity contribution in [2.75, 3.05) is 10.6 Å². The van der Waals surface area contributed by atoms with Gasteiger partial charge in [-0.15, -0.1) is 10.2 Å². The molecule has 0 fully saturated rings. The summed E-state index contributed by atoms with van der Waals surface area (Å²) in [5, 5.41) is 14.2. The number of aryl methyl sites for hydroxylation is 3. The van der Waals surface area contributed by atoms with Gasteiger partial charge in [-0.1, -0.05) is 24.3 Å². The molecule has 0 aliphatic carbocycles. The van der Waals surface area contributed by atoms with Crippen LogP contribution in [0.3, 0.4) is 0 Å². The Morgan fingerprint density at radius 2 is 1.68 bits per heavy atom. The Hall–Kier alpha value is -3.21. The van der Waals surface area contributed by atoms with E-state index in [1.54, 1.807) is 12.1 Å². The molecule has 2 N–H and O–H groups in total. The Labute approximate surface area is 147 Å². The molecule has 0 aliphatic rings. The van der Waals surface area contributed by atoms with E-state index < -0.39 is 0 Å². The maximum Gasteiger partial charge on any atom is 0.276 e. The fourth-order valence-corrected chi connectivity index (χ4v) is 2.45. The van der Waals surface area contributed by atoms with E-state index in [1.807, 2.05) is 63.2 Å². The molecule has 1 heterocycles. The van der Waals surface area contributed by atoms with E-state index in [1.165, 1.54) is 0 Å². The number of rotatable bonds is 4. The Morgan fingerprint density at radius 3 is 2.40 bits per heavy atom. The molecule has 0 bridgehead atoms. The maximum atomic E-state index is 12.4. The molecule has 25 heavy (non-hydrogen) atoms. The van der Waals surface area contributed by atoms with Crippen molar-refractivity contribution in [2.24, 2.45) is 0 Å². The number of hydrogen-bond donors (Lipinski definition) is 2. The smallest absolute Gasteiger partial charge is 0.276 e. The fraction of sp³-hybridized carbons (Fsp3) is 0.150. The number of nitrogens with one attached hydrogen (secondary N) is 2. The van der Waals surface area contributed by atoms with Crippen molar-refractivity contribution in [1.29, 1.82) is 0 Å². The first-order valence-electron chi connectivity index (χ1n) is 8.07. The van der Waals surface area contributed by atoms with Crippen molar-refractivity contribution in [1.82, 2.24) is 10.2 Å². The molecule has 2 aromatic carbocycles. The van der Waals surface area contributed by atoms with E-state index in [2.05, 4.69) is 20.8 Å². The van der Waals surface area contributed by atoms with E-state index in [4.69, 9.17) is 0 Å². The minimum absolute atomic E-state index is 0.274. The van der Waals surface area contributed by atoms with Crippen LogP contribution in [0.1, 0.15) is 27.2 Å². The zero-order valence-corrected chi connectivity index (χ0v) is 14.5. The van der Waals surface area contributed by atoms with Crippen LogP contribution in [0.2, 0.25) is 0 Å². The molecule has 0 aliphatic heterocycles. The third-order valence-corrected chi connectivity index (χ3v) is 3.83. The zero-order chi connectivity index (χ0) is 17.8. The number of nitrogens with zero attached hydrogens (tertiary/aromatic N) is 2. The summed E-state index contributed by atoms with van der Waals surface area (Å²) in [6.07, 6.45) is 0. The molecule has 0 saturated carbocycles. The lowest BCUT2D eigenvalue weighted by molar-refractivity contribution is 0.102. The van der Waals surface area contributed by atoms with Gasteiger partial charge in [0, 0.05) is 11.4 Å². The van der Waals surface area contributed by atoms with Crippen LogP contribution >= 0.6 is 0 Å². The summed E-state index contributed by atoms with van der Waals surface area (Å²) in [7, 11) is 0. The number of anilines is 3. The van der Waals surface area contributed by atoms with Crippen LogP contribution in [0.5, 0.6) is 0 Å². The van der Waals surface area contributed by atoms with Crippen LogP contribution in [0.25, 0.3) is 0 Å². The average molecular weight is 332 g/mol. The molecule has 1 amide bonds. The number of hydrogen-bond acceptors (Lipinski definition) is 4. The van der Waals surface area contributed by atoms with Crippen molar-refractivity contribution in [2.45, 2.75) is 20.8 Å². The highest BCUT2D eigenvalue weighted by molar-refractivity contribution is 6.03. The summed E-state index contributed by atoms with van der Waals surface area (Å²) in [5.74, 6) is 0.317. The molecule has 5 nitrogen and oxygen atoms in total. The Bertz CT molecular complexity index is 904. The molecule has 0 atom stereocenters. The zero-order valence-electron chi connectivity index (χ0n) is 14.5. The fourth-order valence-electron chi connectivity index (χ4n) is 2.45. The van der Waals surface area contributed by atoms with Crippen molar-refractivity contribution in [3.8, 4) is 0 Å². The summed E-state index contributed by atoms with van der Waals surface area (Å²) >= 11 is 0. The second kappa shape index (κ2) is 7.13. The van der Waals surface area contributed by atoms with E-state index in [9.17, 15) is 4.79 Å². The minimum atomic E-state index is -0.275. The molecular formula is C20H20N4O.